The Hall–Kier alpha value is -0.630. The van der Waals surface area contributed by atoms with Crippen molar-refractivity contribution in [3.05, 3.63) is 15.4 Å². The molecule has 0 aliphatic rings. The second kappa shape index (κ2) is 2.97. The molecule has 0 saturated carbocycles. The highest BCUT2D eigenvalue weighted by Crippen LogP contribution is 1.83. The average molecular weight is 153 g/mol. The van der Waals surface area contributed by atoms with Crippen LogP contribution in [0.25, 0.3) is 12.7 Å². The third kappa shape index (κ3) is 1.27. The molecule has 0 aliphatic heterocycles. The monoisotopic (exact) mass is 153 g/mol. The molecule has 1 aromatic heterocycles. The molecule has 0 bridgehead atoms. The average Bonchev–Trinajstić information content (AvgIpc) is 2.20. The molecule has 2 heteroatoms. The van der Waals surface area contributed by atoms with E-state index in [1.165, 1.54) is 16.8 Å². The zero-order chi connectivity index (χ0) is 7.56. The Balaban J connectivity index is 3.37. The summed E-state index contributed by atoms with van der Waals surface area (Å²) in [6, 6.07) is 0. The van der Waals surface area contributed by atoms with Crippen LogP contribution in [0.4, 0.5) is 0 Å². The smallest absolute Gasteiger partial charge is 0.0586 e. The SMILES string of the molecule is C=c1snc(C)/c1=C/CC. The molecule has 54 valence electrons. The Kier molecular flexibility index (Phi) is 2.22. The van der Waals surface area contributed by atoms with Gasteiger partial charge in [-0.25, -0.2) is 0 Å². The van der Waals surface area contributed by atoms with Gasteiger partial charge >= 0.3 is 0 Å². The first-order chi connectivity index (χ1) is 4.75. The van der Waals surface area contributed by atoms with Crippen LogP contribution in [0.2, 0.25) is 0 Å². The van der Waals surface area contributed by atoms with Crippen LogP contribution in [0.5, 0.6) is 0 Å². The van der Waals surface area contributed by atoms with E-state index in [4.69, 9.17) is 0 Å². The molecule has 0 atom stereocenters. The number of rotatable bonds is 1. The molecule has 0 unspecified atom stereocenters. The van der Waals surface area contributed by atoms with Gasteiger partial charge in [0.25, 0.3) is 0 Å². The summed E-state index contributed by atoms with van der Waals surface area (Å²) >= 11 is 1.48. The summed E-state index contributed by atoms with van der Waals surface area (Å²) in [5.41, 5.74) is 1.11. The maximum Gasteiger partial charge on any atom is 0.0586 e. The van der Waals surface area contributed by atoms with E-state index in [1.54, 1.807) is 0 Å². The Morgan fingerprint density at radius 3 is 2.80 bits per heavy atom. The van der Waals surface area contributed by atoms with Crippen molar-refractivity contribution in [2.24, 2.45) is 0 Å². The fraction of sp³-hybridized carbons (Fsp3) is 0.375. The lowest BCUT2D eigenvalue weighted by atomic mass is 10.3. The standard InChI is InChI=1S/C8H11NS/c1-4-5-8-6(2)9-10-7(8)3/h5H,3-4H2,1-2H3/b8-5-. The Morgan fingerprint density at radius 1 is 1.70 bits per heavy atom. The maximum absolute atomic E-state index is 4.18. The zero-order valence-electron chi connectivity index (χ0n) is 6.35. The summed E-state index contributed by atoms with van der Waals surface area (Å²) in [5, 5.41) is 1.23. The summed E-state index contributed by atoms with van der Waals surface area (Å²) in [6.45, 7) is 8.03. The first kappa shape index (κ1) is 7.48. The molecular weight excluding hydrogens is 142 g/mol. The maximum atomic E-state index is 4.18. The van der Waals surface area contributed by atoms with Crippen molar-refractivity contribution >= 4 is 24.2 Å². The summed E-state index contributed by atoms with van der Waals surface area (Å²) < 4.78 is 5.27. The van der Waals surface area contributed by atoms with E-state index in [0.717, 1.165) is 16.6 Å². The molecule has 0 radical (unpaired) electrons. The van der Waals surface area contributed by atoms with Crippen LogP contribution in [0.15, 0.2) is 0 Å². The lowest BCUT2D eigenvalue weighted by molar-refractivity contribution is 1.25. The molecule has 0 spiro atoms. The highest BCUT2D eigenvalue weighted by atomic mass is 32.1. The van der Waals surface area contributed by atoms with Crippen LogP contribution in [-0.2, 0) is 0 Å². The van der Waals surface area contributed by atoms with Crippen LogP contribution in [0, 0.1) is 6.92 Å². The summed E-state index contributed by atoms with van der Waals surface area (Å²) in [6.07, 6.45) is 3.23. The first-order valence-corrected chi connectivity index (χ1v) is 4.14. The highest BCUT2D eigenvalue weighted by molar-refractivity contribution is 7.03. The number of hydrogen-bond acceptors (Lipinski definition) is 2. The van der Waals surface area contributed by atoms with Gasteiger partial charge in [-0.1, -0.05) is 19.6 Å². The molecule has 0 saturated heterocycles. The van der Waals surface area contributed by atoms with E-state index in [1.807, 2.05) is 6.92 Å². The molecular formula is C8H11NS. The second-order valence-corrected chi connectivity index (χ2v) is 3.08. The zero-order valence-corrected chi connectivity index (χ0v) is 7.16. The molecule has 1 nitrogen and oxygen atoms in total. The van der Waals surface area contributed by atoms with Gasteiger partial charge in [0, 0.05) is 9.75 Å². The van der Waals surface area contributed by atoms with Crippen LogP contribution in [0.3, 0.4) is 0 Å². The molecule has 0 amide bonds. The largest absolute Gasteiger partial charge is 0.197 e. The van der Waals surface area contributed by atoms with Gasteiger partial charge in [0.15, 0.2) is 0 Å². The predicted molar refractivity (Wildman–Crippen MR) is 46.4 cm³/mol. The van der Waals surface area contributed by atoms with Crippen molar-refractivity contribution in [2.75, 3.05) is 0 Å². The predicted octanol–water partition coefficient (Wildman–Crippen LogP) is 1.05. The van der Waals surface area contributed by atoms with E-state index in [9.17, 15) is 0 Å². The van der Waals surface area contributed by atoms with Crippen molar-refractivity contribution in [2.45, 2.75) is 20.3 Å². The molecule has 1 aromatic rings. The third-order valence-corrected chi connectivity index (χ3v) is 2.20. The molecule has 0 N–H and O–H groups in total. The molecule has 0 aliphatic carbocycles. The molecule has 0 fully saturated rings. The Bertz CT molecular complexity index is 310. The number of nitrogens with zero attached hydrogens (tertiary/aromatic N) is 1. The van der Waals surface area contributed by atoms with Crippen molar-refractivity contribution in [3.63, 3.8) is 0 Å². The van der Waals surface area contributed by atoms with Gasteiger partial charge in [0.2, 0.25) is 0 Å². The molecule has 10 heavy (non-hydrogen) atoms. The summed E-state index contributed by atoms with van der Waals surface area (Å²) in [5.74, 6) is 0. The fourth-order valence-electron chi connectivity index (χ4n) is 0.889. The van der Waals surface area contributed by atoms with Crippen molar-refractivity contribution in [3.8, 4) is 0 Å². The number of aryl methyl sites for hydroxylation is 1. The van der Waals surface area contributed by atoms with Crippen LogP contribution >= 0.6 is 11.5 Å². The van der Waals surface area contributed by atoms with Crippen molar-refractivity contribution < 1.29 is 0 Å². The second-order valence-electron chi connectivity index (χ2n) is 2.22. The highest BCUT2D eigenvalue weighted by Gasteiger charge is 1.91. The van der Waals surface area contributed by atoms with Crippen molar-refractivity contribution in [1.82, 2.24) is 4.37 Å². The fourth-order valence-corrected chi connectivity index (χ4v) is 1.56. The minimum Gasteiger partial charge on any atom is -0.197 e. The normalized spacial score (nSPS) is 12.4. The quantitative estimate of drug-likeness (QED) is 0.587. The van der Waals surface area contributed by atoms with Crippen LogP contribution < -0.4 is 9.75 Å². The van der Waals surface area contributed by atoms with Crippen molar-refractivity contribution in [1.29, 1.82) is 0 Å². The Labute approximate surface area is 64.9 Å². The van der Waals surface area contributed by atoms with E-state index in [0.29, 0.717) is 0 Å². The van der Waals surface area contributed by atoms with Gasteiger partial charge in [0.1, 0.15) is 0 Å². The van der Waals surface area contributed by atoms with Gasteiger partial charge in [-0.2, -0.15) is 4.37 Å². The van der Waals surface area contributed by atoms with E-state index in [2.05, 4.69) is 24.0 Å². The van der Waals surface area contributed by atoms with Gasteiger partial charge < -0.3 is 0 Å². The van der Waals surface area contributed by atoms with Gasteiger partial charge in [-0.05, 0) is 24.9 Å². The molecule has 0 aromatic carbocycles. The topological polar surface area (TPSA) is 12.9 Å². The minimum absolute atomic E-state index is 1.06. The van der Waals surface area contributed by atoms with Crippen LogP contribution in [-0.4, -0.2) is 4.37 Å². The first-order valence-electron chi connectivity index (χ1n) is 3.37. The van der Waals surface area contributed by atoms with Gasteiger partial charge in [-0.15, -0.1) is 0 Å². The number of hydrogen-bond donors (Lipinski definition) is 0. The van der Waals surface area contributed by atoms with E-state index < -0.39 is 0 Å². The third-order valence-electron chi connectivity index (χ3n) is 1.39. The summed E-state index contributed by atoms with van der Waals surface area (Å²) in [7, 11) is 0. The van der Waals surface area contributed by atoms with Gasteiger partial charge in [-0.3, -0.25) is 0 Å². The van der Waals surface area contributed by atoms with E-state index in [-0.39, 0.29) is 0 Å². The Morgan fingerprint density at radius 2 is 2.40 bits per heavy atom. The lowest BCUT2D eigenvalue weighted by Gasteiger charge is -1.78. The van der Waals surface area contributed by atoms with Gasteiger partial charge in [0.05, 0.1) is 5.69 Å². The minimum atomic E-state index is 1.06. The van der Waals surface area contributed by atoms with Crippen LogP contribution in [0.1, 0.15) is 19.0 Å². The van der Waals surface area contributed by atoms with E-state index >= 15 is 0 Å². The summed E-state index contributed by atoms with van der Waals surface area (Å²) in [4.78, 5) is 0. The number of aromatic nitrogens is 1. The molecule has 1 heterocycles. The lowest BCUT2D eigenvalue weighted by Crippen LogP contribution is -2.18. The molecule has 1 rings (SSSR count).